The smallest absolute Gasteiger partial charge is 0.284 e. The van der Waals surface area contributed by atoms with Crippen LogP contribution in [-0.4, -0.2) is 46.8 Å². The highest BCUT2D eigenvalue weighted by Gasteiger charge is 2.24. The first-order valence-corrected chi connectivity index (χ1v) is 7.04. The van der Waals surface area contributed by atoms with Crippen LogP contribution in [-0.2, 0) is 4.74 Å². The zero-order valence-corrected chi connectivity index (χ0v) is 12.3. The number of nitrogens with zero attached hydrogens (tertiary/aromatic N) is 3. The van der Waals surface area contributed by atoms with Crippen LogP contribution in [0.4, 0.5) is 0 Å². The Labute approximate surface area is 131 Å². The van der Waals surface area contributed by atoms with Gasteiger partial charge in [-0.15, -0.1) is 5.10 Å². The van der Waals surface area contributed by atoms with Gasteiger partial charge in [-0.3, -0.25) is 4.79 Å². The molecule has 1 aliphatic heterocycles. The standard InChI is InChI=1S/C14H12N4O3S/c15-7-11-8-18(5-6-20-11)13(19)10-3-1-9(2-4-10)12-16-17-14(22)21-12/h1-4,11H,5-6,8H2,(H,17,22). The van der Waals surface area contributed by atoms with Crippen LogP contribution in [0.15, 0.2) is 28.7 Å². The van der Waals surface area contributed by atoms with Crippen molar-refractivity contribution >= 4 is 18.1 Å². The van der Waals surface area contributed by atoms with E-state index in [2.05, 4.69) is 10.2 Å². The third-order valence-corrected chi connectivity index (χ3v) is 3.49. The van der Waals surface area contributed by atoms with Gasteiger partial charge in [-0.25, -0.2) is 5.10 Å². The molecule has 0 radical (unpaired) electrons. The first-order valence-electron chi connectivity index (χ1n) is 6.64. The van der Waals surface area contributed by atoms with E-state index in [1.807, 2.05) is 6.07 Å². The maximum Gasteiger partial charge on any atom is 0.284 e. The van der Waals surface area contributed by atoms with Crippen molar-refractivity contribution in [1.29, 1.82) is 5.26 Å². The van der Waals surface area contributed by atoms with E-state index in [4.69, 9.17) is 26.6 Å². The number of amides is 1. The molecule has 112 valence electrons. The van der Waals surface area contributed by atoms with Gasteiger partial charge in [-0.1, -0.05) is 0 Å². The number of carbonyl (C=O) groups is 1. The van der Waals surface area contributed by atoms with E-state index in [1.165, 1.54) is 0 Å². The van der Waals surface area contributed by atoms with Crippen molar-refractivity contribution in [3.63, 3.8) is 0 Å². The fourth-order valence-electron chi connectivity index (χ4n) is 2.20. The fraction of sp³-hybridized carbons (Fsp3) is 0.286. The predicted octanol–water partition coefficient (Wildman–Crippen LogP) is 1.76. The number of aromatic nitrogens is 2. The van der Waals surface area contributed by atoms with Crippen LogP contribution >= 0.6 is 12.2 Å². The van der Waals surface area contributed by atoms with E-state index in [0.717, 1.165) is 5.56 Å². The van der Waals surface area contributed by atoms with Crippen molar-refractivity contribution in [3.8, 4) is 17.5 Å². The summed E-state index contributed by atoms with van der Waals surface area (Å²) in [7, 11) is 0. The van der Waals surface area contributed by atoms with Crippen molar-refractivity contribution in [3.05, 3.63) is 34.7 Å². The number of aromatic amines is 1. The van der Waals surface area contributed by atoms with Gasteiger partial charge in [0.1, 0.15) is 0 Å². The molecule has 8 heteroatoms. The van der Waals surface area contributed by atoms with Crippen LogP contribution in [0, 0.1) is 16.2 Å². The lowest BCUT2D eigenvalue weighted by Crippen LogP contribution is -2.45. The molecule has 0 spiro atoms. The average Bonchev–Trinajstić information content (AvgIpc) is 3.01. The van der Waals surface area contributed by atoms with Crippen LogP contribution in [0.5, 0.6) is 0 Å². The third kappa shape index (κ3) is 2.90. The van der Waals surface area contributed by atoms with E-state index >= 15 is 0 Å². The molecule has 0 bridgehead atoms. The molecule has 1 saturated heterocycles. The Balaban J connectivity index is 1.76. The molecular formula is C14H12N4O3S. The molecule has 1 aromatic heterocycles. The van der Waals surface area contributed by atoms with Crippen LogP contribution in [0.1, 0.15) is 10.4 Å². The molecule has 7 nitrogen and oxygen atoms in total. The molecule has 2 aromatic rings. The molecule has 1 N–H and O–H groups in total. The number of benzene rings is 1. The molecule has 1 atom stereocenters. The number of nitrogens with one attached hydrogen (secondary N) is 1. The summed E-state index contributed by atoms with van der Waals surface area (Å²) < 4.78 is 10.4. The largest absolute Gasteiger partial charge is 0.409 e. The Kier molecular flexibility index (Phi) is 4.00. The normalized spacial score (nSPS) is 18.0. The van der Waals surface area contributed by atoms with Crippen molar-refractivity contribution in [2.24, 2.45) is 0 Å². The van der Waals surface area contributed by atoms with Crippen molar-refractivity contribution in [1.82, 2.24) is 15.1 Å². The highest BCUT2D eigenvalue weighted by atomic mass is 32.1. The van der Waals surface area contributed by atoms with E-state index in [0.29, 0.717) is 24.6 Å². The SMILES string of the molecule is N#CC1CN(C(=O)c2ccc(-c3n[nH]c(=S)o3)cc2)CCO1. The summed E-state index contributed by atoms with van der Waals surface area (Å²) in [5, 5.41) is 15.4. The lowest BCUT2D eigenvalue weighted by atomic mass is 10.1. The number of hydrogen-bond acceptors (Lipinski definition) is 6. The summed E-state index contributed by atoms with van der Waals surface area (Å²) in [6.07, 6.45) is -0.565. The molecule has 1 unspecified atom stereocenters. The maximum atomic E-state index is 12.4. The van der Waals surface area contributed by atoms with Gasteiger partial charge in [-0.05, 0) is 36.5 Å². The van der Waals surface area contributed by atoms with E-state index in [-0.39, 0.29) is 17.3 Å². The Morgan fingerprint density at radius 1 is 1.45 bits per heavy atom. The zero-order chi connectivity index (χ0) is 15.5. The Morgan fingerprint density at radius 3 is 2.86 bits per heavy atom. The second-order valence-corrected chi connectivity index (χ2v) is 5.11. The summed E-state index contributed by atoms with van der Waals surface area (Å²) in [5.74, 6) is 0.248. The lowest BCUT2D eigenvalue weighted by molar-refractivity contribution is 0.00347. The summed E-state index contributed by atoms with van der Waals surface area (Å²) in [6.45, 7) is 1.13. The molecule has 1 fully saturated rings. The fourth-order valence-corrected chi connectivity index (χ4v) is 2.33. The van der Waals surface area contributed by atoms with Gasteiger partial charge in [0.2, 0.25) is 5.89 Å². The number of carbonyl (C=O) groups excluding carboxylic acids is 1. The maximum absolute atomic E-state index is 12.4. The molecule has 1 aromatic carbocycles. The summed E-state index contributed by atoms with van der Waals surface area (Å²) >= 11 is 4.82. The van der Waals surface area contributed by atoms with Gasteiger partial charge >= 0.3 is 0 Å². The molecule has 1 amide bonds. The first-order chi connectivity index (χ1) is 10.7. The molecule has 1 aliphatic rings. The van der Waals surface area contributed by atoms with Gasteiger partial charge in [-0.2, -0.15) is 5.26 Å². The summed E-state index contributed by atoms with van der Waals surface area (Å²) in [5.41, 5.74) is 1.26. The Hall–Kier alpha value is -2.50. The number of ether oxygens (including phenoxy) is 1. The monoisotopic (exact) mass is 316 g/mol. The lowest BCUT2D eigenvalue weighted by Gasteiger charge is -2.29. The first kappa shape index (κ1) is 14.4. The highest BCUT2D eigenvalue weighted by Crippen LogP contribution is 2.18. The molecule has 2 heterocycles. The van der Waals surface area contributed by atoms with Gasteiger partial charge in [0.15, 0.2) is 6.10 Å². The molecule has 22 heavy (non-hydrogen) atoms. The molecule has 0 saturated carbocycles. The second-order valence-electron chi connectivity index (χ2n) is 4.74. The number of nitriles is 1. The Morgan fingerprint density at radius 2 is 2.23 bits per heavy atom. The Bertz CT molecular complexity index is 774. The van der Waals surface area contributed by atoms with Gasteiger partial charge < -0.3 is 14.1 Å². The minimum absolute atomic E-state index is 0.127. The molecule has 3 rings (SSSR count). The summed E-state index contributed by atoms with van der Waals surface area (Å²) in [4.78, 5) is 14.2. The zero-order valence-electron chi connectivity index (χ0n) is 11.5. The predicted molar refractivity (Wildman–Crippen MR) is 78.4 cm³/mol. The topological polar surface area (TPSA) is 95.2 Å². The van der Waals surface area contributed by atoms with E-state index < -0.39 is 6.10 Å². The second kappa shape index (κ2) is 6.09. The quantitative estimate of drug-likeness (QED) is 0.848. The molecule has 0 aliphatic carbocycles. The minimum atomic E-state index is -0.565. The minimum Gasteiger partial charge on any atom is -0.409 e. The number of hydrogen-bond donors (Lipinski definition) is 1. The number of H-pyrrole nitrogens is 1. The van der Waals surface area contributed by atoms with Gasteiger partial charge in [0.25, 0.3) is 10.7 Å². The number of rotatable bonds is 2. The van der Waals surface area contributed by atoms with Crippen LogP contribution in [0.2, 0.25) is 0 Å². The van der Waals surface area contributed by atoms with Crippen LogP contribution in [0.3, 0.4) is 0 Å². The highest BCUT2D eigenvalue weighted by molar-refractivity contribution is 7.71. The van der Waals surface area contributed by atoms with Crippen LogP contribution in [0.25, 0.3) is 11.5 Å². The van der Waals surface area contributed by atoms with Crippen molar-refractivity contribution in [2.75, 3.05) is 19.7 Å². The van der Waals surface area contributed by atoms with Gasteiger partial charge in [0.05, 0.1) is 19.2 Å². The van der Waals surface area contributed by atoms with Crippen LogP contribution < -0.4 is 0 Å². The number of morpholine rings is 1. The summed E-state index contributed by atoms with van der Waals surface area (Å²) in [6, 6.07) is 8.90. The van der Waals surface area contributed by atoms with E-state index in [1.54, 1.807) is 29.2 Å². The van der Waals surface area contributed by atoms with Gasteiger partial charge in [0, 0.05) is 17.7 Å². The average molecular weight is 316 g/mol. The molecular weight excluding hydrogens is 304 g/mol. The van der Waals surface area contributed by atoms with E-state index in [9.17, 15) is 4.79 Å². The third-order valence-electron chi connectivity index (χ3n) is 3.31. The van der Waals surface area contributed by atoms with Crippen molar-refractivity contribution < 1.29 is 13.9 Å². The van der Waals surface area contributed by atoms with Crippen molar-refractivity contribution in [2.45, 2.75) is 6.10 Å².